The van der Waals surface area contributed by atoms with E-state index in [4.69, 9.17) is 19.4 Å². The first kappa shape index (κ1) is 24.6. The van der Waals surface area contributed by atoms with Crippen molar-refractivity contribution in [3.63, 3.8) is 0 Å². The Balaban J connectivity index is 1.48. The normalized spacial score (nSPS) is 15.9. The van der Waals surface area contributed by atoms with Crippen molar-refractivity contribution in [1.82, 2.24) is 15.0 Å². The minimum atomic E-state index is -0.212. The van der Waals surface area contributed by atoms with Crippen molar-refractivity contribution >= 4 is 46.4 Å². The molecule has 5 rings (SSSR count). The third kappa shape index (κ3) is 5.21. The Morgan fingerprint density at radius 2 is 1.92 bits per heavy atom. The van der Waals surface area contributed by atoms with Gasteiger partial charge >= 0.3 is 0 Å². The highest BCUT2D eigenvalue weighted by molar-refractivity contribution is 5.92. The monoisotopic (exact) mass is 504 g/mol. The summed E-state index contributed by atoms with van der Waals surface area (Å²) in [6.07, 6.45) is 1.67. The van der Waals surface area contributed by atoms with Gasteiger partial charge in [0, 0.05) is 55.5 Å². The van der Waals surface area contributed by atoms with E-state index in [-0.39, 0.29) is 11.3 Å². The molecular formula is C26H32N8O3. The zero-order valence-electron chi connectivity index (χ0n) is 21.5. The lowest BCUT2D eigenvalue weighted by molar-refractivity contribution is -0.114. The zero-order valence-corrected chi connectivity index (χ0v) is 21.5. The second-order valence-corrected chi connectivity index (χ2v) is 9.67. The number of fused-ring (bicyclic) bond motifs is 1. The van der Waals surface area contributed by atoms with Crippen LogP contribution in [0.1, 0.15) is 26.3 Å². The number of carbonyl (C=O) groups excluding carboxylic acids is 1. The van der Waals surface area contributed by atoms with Gasteiger partial charge in [0.25, 0.3) is 0 Å². The molecule has 4 N–H and O–H groups in total. The number of rotatable bonds is 7. The lowest BCUT2D eigenvalue weighted by atomic mass is 9.88. The predicted molar refractivity (Wildman–Crippen MR) is 145 cm³/mol. The summed E-state index contributed by atoms with van der Waals surface area (Å²) < 4.78 is 11.2. The molecule has 194 valence electrons. The van der Waals surface area contributed by atoms with E-state index in [0.717, 1.165) is 35.8 Å². The third-order valence-corrected chi connectivity index (χ3v) is 6.45. The van der Waals surface area contributed by atoms with Crippen molar-refractivity contribution in [3.8, 4) is 5.75 Å². The summed E-state index contributed by atoms with van der Waals surface area (Å²) in [5.74, 6) is 2.76. The molecular weight excluding hydrogens is 472 g/mol. The molecule has 4 heterocycles. The van der Waals surface area contributed by atoms with Crippen molar-refractivity contribution in [3.05, 3.63) is 42.1 Å². The number of nitrogens with one attached hydrogen (secondary N) is 4. The van der Waals surface area contributed by atoms with Crippen LogP contribution in [-0.4, -0.2) is 60.8 Å². The number of hydrogen-bond acceptors (Lipinski definition) is 10. The van der Waals surface area contributed by atoms with Crippen molar-refractivity contribution in [2.75, 3.05) is 66.1 Å². The van der Waals surface area contributed by atoms with Gasteiger partial charge < -0.3 is 35.6 Å². The Kier molecular flexibility index (Phi) is 6.70. The van der Waals surface area contributed by atoms with Crippen LogP contribution < -0.4 is 30.9 Å². The average molecular weight is 505 g/mol. The molecule has 0 atom stereocenters. The SMILES string of the molecule is COc1cc(N2CCOCC2)ccc1Nc1nc2c(c(Nc3ncccc3NC(C)=O)n1)C(C)(C)CN2. The van der Waals surface area contributed by atoms with Crippen LogP contribution in [0, 0.1) is 0 Å². The lowest BCUT2D eigenvalue weighted by Crippen LogP contribution is -2.36. The Hall–Kier alpha value is -4.12. The van der Waals surface area contributed by atoms with Gasteiger partial charge in [-0.3, -0.25) is 4.79 Å². The van der Waals surface area contributed by atoms with Crippen LogP contribution in [-0.2, 0) is 14.9 Å². The zero-order chi connectivity index (χ0) is 26.0. The number of carbonyl (C=O) groups is 1. The highest BCUT2D eigenvalue weighted by atomic mass is 16.5. The fourth-order valence-corrected chi connectivity index (χ4v) is 4.60. The number of anilines is 7. The van der Waals surface area contributed by atoms with Crippen LogP contribution in [0.4, 0.5) is 40.5 Å². The maximum Gasteiger partial charge on any atom is 0.231 e. The second kappa shape index (κ2) is 10.1. The van der Waals surface area contributed by atoms with Gasteiger partial charge in [0.1, 0.15) is 17.4 Å². The molecule has 3 aromatic rings. The van der Waals surface area contributed by atoms with Crippen LogP contribution in [0.2, 0.25) is 0 Å². The number of morpholine rings is 1. The third-order valence-electron chi connectivity index (χ3n) is 6.45. The fraction of sp³-hybridized carbons (Fsp3) is 0.385. The summed E-state index contributed by atoms with van der Waals surface area (Å²) in [5, 5.41) is 12.9. The van der Waals surface area contributed by atoms with Crippen molar-refractivity contribution in [1.29, 1.82) is 0 Å². The van der Waals surface area contributed by atoms with E-state index in [0.29, 0.717) is 48.8 Å². The number of hydrogen-bond donors (Lipinski definition) is 4. The number of methoxy groups -OCH3 is 1. The van der Waals surface area contributed by atoms with Gasteiger partial charge in [-0.15, -0.1) is 0 Å². The van der Waals surface area contributed by atoms with E-state index in [9.17, 15) is 4.79 Å². The molecule has 0 radical (unpaired) electrons. The molecule has 2 aromatic heterocycles. The van der Waals surface area contributed by atoms with Gasteiger partial charge in [-0.2, -0.15) is 9.97 Å². The molecule has 1 amide bonds. The van der Waals surface area contributed by atoms with Gasteiger partial charge in [0.2, 0.25) is 11.9 Å². The Bertz CT molecular complexity index is 1310. The summed E-state index contributed by atoms with van der Waals surface area (Å²) >= 11 is 0. The van der Waals surface area contributed by atoms with Crippen LogP contribution in [0.5, 0.6) is 5.75 Å². The standard InChI is InChI=1S/C26H32N8O3/c1-16(35)29-19-6-5-9-27-22(19)31-24-21-23(28-15-26(21,2)3)32-25(33-24)30-18-8-7-17(14-20(18)36-4)34-10-12-37-13-11-34/h5-9,14H,10-13,15H2,1-4H3,(H,29,35)(H3,27,28,30,31,32,33). The number of aromatic nitrogens is 3. The summed E-state index contributed by atoms with van der Waals surface area (Å²) in [4.78, 5) is 28.0. The molecule has 37 heavy (non-hydrogen) atoms. The number of ether oxygens (including phenoxy) is 2. The first-order valence-electron chi connectivity index (χ1n) is 12.3. The largest absolute Gasteiger partial charge is 0.494 e. The van der Waals surface area contributed by atoms with Crippen molar-refractivity contribution in [2.24, 2.45) is 0 Å². The smallest absolute Gasteiger partial charge is 0.231 e. The lowest BCUT2D eigenvalue weighted by Gasteiger charge is -2.29. The van der Waals surface area contributed by atoms with E-state index in [1.807, 2.05) is 12.1 Å². The first-order valence-corrected chi connectivity index (χ1v) is 12.3. The molecule has 0 saturated carbocycles. The van der Waals surface area contributed by atoms with E-state index in [2.05, 4.69) is 51.1 Å². The molecule has 0 bridgehead atoms. The summed E-state index contributed by atoms with van der Waals surface area (Å²) in [7, 11) is 1.65. The Morgan fingerprint density at radius 3 is 2.68 bits per heavy atom. The van der Waals surface area contributed by atoms with Crippen molar-refractivity contribution < 1.29 is 14.3 Å². The Labute approximate surface area is 216 Å². The van der Waals surface area contributed by atoms with E-state index >= 15 is 0 Å². The maximum atomic E-state index is 11.7. The van der Waals surface area contributed by atoms with Gasteiger partial charge in [-0.1, -0.05) is 13.8 Å². The highest BCUT2D eigenvalue weighted by Gasteiger charge is 2.35. The van der Waals surface area contributed by atoms with Crippen LogP contribution in [0.15, 0.2) is 36.5 Å². The number of nitrogens with zero attached hydrogens (tertiary/aromatic N) is 4. The molecule has 2 aliphatic rings. The summed E-state index contributed by atoms with van der Waals surface area (Å²) in [6, 6.07) is 9.60. The number of pyridine rings is 1. The van der Waals surface area contributed by atoms with Gasteiger partial charge in [-0.05, 0) is 24.3 Å². The van der Waals surface area contributed by atoms with Crippen LogP contribution in [0.3, 0.4) is 0 Å². The van der Waals surface area contributed by atoms with Crippen LogP contribution >= 0.6 is 0 Å². The molecule has 1 saturated heterocycles. The fourth-order valence-electron chi connectivity index (χ4n) is 4.60. The average Bonchev–Trinajstić information content (AvgIpc) is 3.20. The predicted octanol–water partition coefficient (Wildman–Crippen LogP) is 3.87. The minimum Gasteiger partial charge on any atom is -0.494 e. The number of amides is 1. The van der Waals surface area contributed by atoms with Gasteiger partial charge in [0.05, 0.1) is 31.7 Å². The molecule has 2 aliphatic heterocycles. The molecule has 1 fully saturated rings. The molecule has 1 aromatic carbocycles. The summed E-state index contributed by atoms with van der Waals surface area (Å²) in [5.41, 5.74) is 3.14. The molecule has 11 nitrogen and oxygen atoms in total. The van der Waals surface area contributed by atoms with Gasteiger partial charge in [-0.25, -0.2) is 4.98 Å². The second-order valence-electron chi connectivity index (χ2n) is 9.67. The number of benzene rings is 1. The van der Waals surface area contributed by atoms with E-state index in [1.54, 1.807) is 25.4 Å². The van der Waals surface area contributed by atoms with Crippen LogP contribution in [0.25, 0.3) is 0 Å². The topological polar surface area (TPSA) is 126 Å². The van der Waals surface area contributed by atoms with E-state index in [1.165, 1.54) is 6.92 Å². The first-order chi connectivity index (χ1) is 17.8. The minimum absolute atomic E-state index is 0.180. The summed E-state index contributed by atoms with van der Waals surface area (Å²) in [6.45, 7) is 9.55. The van der Waals surface area contributed by atoms with Gasteiger partial charge in [0.15, 0.2) is 5.82 Å². The molecule has 11 heteroatoms. The molecule has 0 spiro atoms. The molecule has 0 aliphatic carbocycles. The Morgan fingerprint density at radius 1 is 1.11 bits per heavy atom. The highest BCUT2D eigenvalue weighted by Crippen LogP contribution is 2.42. The van der Waals surface area contributed by atoms with E-state index < -0.39 is 0 Å². The maximum absolute atomic E-state index is 11.7. The molecule has 0 unspecified atom stereocenters. The van der Waals surface area contributed by atoms with Crippen molar-refractivity contribution in [2.45, 2.75) is 26.2 Å². The quantitative estimate of drug-likeness (QED) is 0.377.